The lowest BCUT2D eigenvalue weighted by Crippen LogP contribution is -2.34. The number of furan rings is 1. The van der Waals surface area contributed by atoms with Crippen LogP contribution < -0.4 is 20.1 Å². The van der Waals surface area contributed by atoms with Crippen molar-refractivity contribution in [2.75, 3.05) is 0 Å². The lowest BCUT2D eigenvalue weighted by molar-refractivity contribution is -0.137. The average molecular weight is 586 g/mol. The van der Waals surface area contributed by atoms with E-state index in [-0.39, 0.29) is 31.9 Å². The van der Waals surface area contributed by atoms with Crippen LogP contribution in [-0.2, 0) is 11.0 Å². The number of aromatic nitrogens is 1. The molecule has 1 amide bonds. The molecule has 2 aromatic heterocycles. The summed E-state index contributed by atoms with van der Waals surface area (Å²) < 4.78 is 46.9. The number of thiazole rings is 1. The molecule has 0 spiro atoms. The molecule has 1 N–H and O–H groups in total. The van der Waals surface area contributed by atoms with Gasteiger partial charge < -0.3 is 9.73 Å². The standard InChI is InChI=1S/C32H22F3N3O3S/c1-20(21-9-4-2-5-10-21)37-29(39)26(19-36)31-38(24-13-6-3-7-14-24)30(40)28(42-31)18-25-15-16-27(41-25)22-11-8-12-23(17-22)32(33,34)35/h2-18,20H,1H3,(H,37,39)/b28-18+,31-26+/t20-/m0/s1. The van der Waals surface area contributed by atoms with E-state index in [1.807, 2.05) is 36.4 Å². The number of amides is 1. The van der Waals surface area contributed by atoms with Crippen LogP contribution in [0.15, 0.2) is 106 Å². The van der Waals surface area contributed by atoms with E-state index in [0.717, 1.165) is 29.0 Å². The predicted molar refractivity (Wildman–Crippen MR) is 154 cm³/mol. The van der Waals surface area contributed by atoms with E-state index in [2.05, 4.69) is 5.32 Å². The van der Waals surface area contributed by atoms with Crippen LogP contribution in [0.4, 0.5) is 13.2 Å². The van der Waals surface area contributed by atoms with Crippen LogP contribution in [0.25, 0.3) is 28.7 Å². The number of rotatable bonds is 6. The number of nitriles is 1. The first kappa shape index (κ1) is 28.4. The third-order valence-electron chi connectivity index (χ3n) is 6.41. The number of benzene rings is 3. The summed E-state index contributed by atoms with van der Waals surface area (Å²) in [5.41, 5.74) is -0.0212. The second-order valence-electron chi connectivity index (χ2n) is 9.27. The molecule has 0 aliphatic heterocycles. The largest absolute Gasteiger partial charge is 0.457 e. The fourth-order valence-electron chi connectivity index (χ4n) is 4.31. The molecule has 210 valence electrons. The minimum Gasteiger partial charge on any atom is -0.457 e. The monoisotopic (exact) mass is 585 g/mol. The molecule has 5 aromatic rings. The van der Waals surface area contributed by atoms with Crippen molar-refractivity contribution in [2.24, 2.45) is 0 Å². The first-order valence-corrected chi connectivity index (χ1v) is 13.5. The molecule has 0 fully saturated rings. The fraction of sp³-hybridized carbons (Fsp3) is 0.0938. The van der Waals surface area contributed by atoms with E-state index in [1.165, 1.54) is 34.9 Å². The molecule has 0 aliphatic rings. The van der Waals surface area contributed by atoms with Gasteiger partial charge in [0.15, 0.2) is 5.57 Å². The van der Waals surface area contributed by atoms with Gasteiger partial charge in [-0.3, -0.25) is 14.2 Å². The van der Waals surface area contributed by atoms with Crippen molar-refractivity contribution in [3.05, 3.63) is 133 Å². The van der Waals surface area contributed by atoms with Crippen molar-refractivity contribution >= 4 is 28.9 Å². The van der Waals surface area contributed by atoms with Crippen LogP contribution in [0.2, 0.25) is 0 Å². The smallest absolute Gasteiger partial charge is 0.416 e. The van der Waals surface area contributed by atoms with Crippen molar-refractivity contribution < 1.29 is 22.4 Å². The summed E-state index contributed by atoms with van der Waals surface area (Å²) in [4.78, 5) is 26.9. The van der Waals surface area contributed by atoms with Crippen LogP contribution in [0.1, 0.15) is 29.9 Å². The van der Waals surface area contributed by atoms with Gasteiger partial charge in [-0.2, -0.15) is 18.4 Å². The van der Waals surface area contributed by atoms with Gasteiger partial charge in [-0.1, -0.05) is 60.7 Å². The molecule has 0 saturated heterocycles. The maximum Gasteiger partial charge on any atom is 0.416 e. The quantitative estimate of drug-likeness (QED) is 0.283. The van der Waals surface area contributed by atoms with E-state index in [9.17, 15) is 28.0 Å². The van der Waals surface area contributed by atoms with Gasteiger partial charge in [0, 0.05) is 11.6 Å². The lowest BCUT2D eigenvalue weighted by atomic mass is 10.1. The van der Waals surface area contributed by atoms with Crippen molar-refractivity contribution in [2.45, 2.75) is 19.1 Å². The van der Waals surface area contributed by atoms with Gasteiger partial charge in [-0.05, 0) is 48.9 Å². The molecule has 0 unspecified atom stereocenters. The Balaban J connectivity index is 1.60. The second-order valence-corrected chi connectivity index (χ2v) is 10.3. The second kappa shape index (κ2) is 11.8. The van der Waals surface area contributed by atoms with Gasteiger partial charge in [-0.15, -0.1) is 11.3 Å². The maximum atomic E-state index is 13.6. The van der Waals surface area contributed by atoms with Crippen molar-refractivity contribution in [1.82, 2.24) is 9.88 Å². The van der Waals surface area contributed by atoms with E-state index >= 15 is 0 Å². The zero-order chi connectivity index (χ0) is 29.9. The summed E-state index contributed by atoms with van der Waals surface area (Å²) in [5.74, 6) is -0.240. The first-order chi connectivity index (χ1) is 20.2. The summed E-state index contributed by atoms with van der Waals surface area (Å²) in [5, 5.41) is 12.9. The van der Waals surface area contributed by atoms with E-state index in [4.69, 9.17) is 4.42 Å². The first-order valence-electron chi connectivity index (χ1n) is 12.7. The number of nitrogens with one attached hydrogen (secondary N) is 1. The molecule has 1 atom stereocenters. The minimum atomic E-state index is -4.51. The number of hydrogen-bond donors (Lipinski definition) is 1. The van der Waals surface area contributed by atoms with E-state index in [0.29, 0.717) is 5.69 Å². The van der Waals surface area contributed by atoms with Crippen LogP contribution in [0, 0.1) is 11.3 Å². The van der Waals surface area contributed by atoms with Crippen LogP contribution in [0.3, 0.4) is 0 Å². The molecular weight excluding hydrogens is 563 g/mol. The average Bonchev–Trinajstić information content (AvgIpc) is 3.58. The molecule has 10 heteroatoms. The number of para-hydroxylation sites is 1. The summed E-state index contributed by atoms with van der Waals surface area (Å²) in [7, 11) is 0. The van der Waals surface area contributed by atoms with Gasteiger partial charge >= 0.3 is 6.18 Å². The molecule has 6 nitrogen and oxygen atoms in total. The maximum absolute atomic E-state index is 13.6. The number of hydrogen-bond acceptors (Lipinski definition) is 5. The summed E-state index contributed by atoms with van der Waals surface area (Å²) in [6.45, 7) is 1.79. The van der Waals surface area contributed by atoms with Crippen molar-refractivity contribution in [3.8, 4) is 23.1 Å². The highest BCUT2D eigenvalue weighted by molar-refractivity contribution is 7.07. The summed E-state index contributed by atoms with van der Waals surface area (Å²) in [6.07, 6.45) is -3.07. The molecule has 42 heavy (non-hydrogen) atoms. The number of carbonyl (C=O) groups excluding carboxylic acids is 1. The van der Waals surface area contributed by atoms with Crippen molar-refractivity contribution in [3.63, 3.8) is 0 Å². The van der Waals surface area contributed by atoms with Gasteiger partial charge in [0.2, 0.25) is 0 Å². The highest BCUT2D eigenvalue weighted by atomic mass is 32.1. The van der Waals surface area contributed by atoms with E-state index in [1.54, 1.807) is 37.3 Å². The zero-order valence-corrected chi connectivity index (χ0v) is 22.9. The summed E-state index contributed by atoms with van der Waals surface area (Å²) >= 11 is 0.936. The highest BCUT2D eigenvalue weighted by Gasteiger charge is 2.30. The Hall–Kier alpha value is -5.14. The Morgan fingerprint density at radius 3 is 2.36 bits per heavy atom. The molecular formula is C32H22F3N3O3S. The normalized spacial score (nSPS) is 13.4. The molecule has 3 aromatic carbocycles. The molecule has 0 bridgehead atoms. The topological polar surface area (TPSA) is 88.0 Å². The van der Waals surface area contributed by atoms with Gasteiger partial charge in [0.1, 0.15) is 22.3 Å². The molecule has 0 saturated carbocycles. The predicted octanol–water partition coefficient (Wildman–Crippen LogP) is 5.56. The van der Waals surface area contributed by atoms with Gasteiger partial charge in [-0.25, -0.2) is 0 Å². The van der Waals surface area contributed by atoms with Crippen molar-refractivity contribution in [1.29, 1.82) is 5.26 Å². The number of halogens is 3. The fourth-order valence-corrected chi connectivity index (χ4v) is 5.40. The molecule has 2 heterocycles. The minimum absolute atomic E-state index is 0.127. The molecule has 0 radical (unpaired) electrons. The number of carbonyl (C=O) groups is 1. The Bertz CT molecular complexity index is 1970. The van der Waals surface area contributed by atoms with Gasteiger partial charge in [0.05, 0.1) is 21.8 Å². The van der Waals surface area contributed by atoms with Crippen LogP contribution in [-0.4, -0.2) is 10.5 Å². The van der Waals surface area contributed by atoms with Crippen LogP contribution in [0.5, 0.6) is 0 Å². The third kappa shape index (κ3) is 5.96. The highest BCUT2D eigenvalue weighted by Crippen LogP contribution is 2.32. The zero-order valence-electron chi connectivity index (χ0n) is 22.1. The Kier molecular flexibility index (Phi) is 7.95. The Morgan fingerprint density at radius 1 is 1.00 bits per heavy atom. The van der Waals surface area contributed by atoms with E-state index < -0.39 is 29.2 Å². The van der Waals surface area contributed by atoms with Gasteiger partial charge in [0.25, 0.3) is 11.5 Å². The number of alkyl halides is 3. The number of nitrogens with zero attached hydrogens (tertiary/aromatic N) is 2. The summed E-state index contributed by atoms with van der Waals surface area (Å²) in [6, 6.07) is 27.2. The Morgan fingerprint density at radius 2 is 1.69 bits per heavy atom. The molecule has 0 aliphatic carbocycles. The SMILES string of the molecule is C[C@H](NC(=O)/C(C#N)=c1/s/c(=C/c2ccc(-c3cccc(C(F)(F)F)c3)o2)c(=O)n1-c1ccccc1)c1ccccc1. The van der Waals surface area contributed by atoms with Crippen LogP contribution >= 0.6 is 11.3 Å². The Labute approximate surface area is 241 Å². The third-order valence-corrected chi connectivity index (χ3v) is 7.50. The lowest BCUT2D eigenvalue weighted by Gasteiger charge is -2.13. The molecule has 5 rings (SSSR count).